The number of hydrogen-bond donors (Lipinski definition) is 2. The lowest BCUT2D eigenvalue weighted by Gasteiger charge is -2.07. The molecule has 0 atom stereocenters. The monoisotopic (exact) mass is 316 g/mol. The predicted octanol–water partition coefficient (Wildman–Crippen LogP) is 1.27. The average Bonchev–Trinajstić information content (AvgIpc) is 2.37. The first-order chi connectivity index (χ1) is 9.82. The van der Waals surface area contributed by atoms with E-state index in [9.17, 15) is 23.3 Å². The van der Waals surface area contributed by atoms with Crippen molar-refractivity contribution in [3.63, 3.8) is 0 Å². The molecule has 2 N–H and O–H groups in total. The van der Waals surface area contributed by atoms with Gasteiger partial charge in [0.05, 0.1) is 10.7 Å². The fourth-order valence-corrected chi connectivity index (χ4v) is 2.91. The minimum absolute atomic E-state index is 0.0219. The Labute approximate surface area is 122 Å². The minimum atomic E-state index is -3.69. The van der Waals surface area contributed by atoms with Crippen LogP contribution in [0.5, 0.6) is 0 Å². The summed E-state index contributed by atoms with van der Waals surface area (Å²) in [5.74, 6) is -1.42. The van der Waals surface area contributed by atoms with Crippen LogP contribution in [-0.2, 0) is 20.6 Å². The number of unbranched alkanes of at least 4 members (excludes halogenated alkanes) is 1. The topological polar surface area (TPSA) is 127 Å². The average molecular weight is 316 g/mol. The lowest BCUT2D eigenvalue weighted by atomic mass is 10.2. The fraction of sp³-hybridized carbons (Fsp3) is 0.417. The third-order valence-corrected chi connectivity index (χ3v) is 4.01. The van der Waals surface area contributed by atoms with Crippen molar-refractivity contribution in [1.29, 1.82) is 0 Å². The van der Waals surface area contributed by atoms with Gasteiger partial charge < -0.3 is 5.11 Å². The standard InChI is InChI=1S/C12H16N2O6S/c15-12(16)7-3-4-8-13-21(19,20)9-10-5-1-2-6-11(10)14(17)18/h1-2,5-6,13H,3-4,7-9H2,(H,15,16). The van der Waals surface area contributed by atoms with E-state index < -0.39 is 26.7 Å². The van der Waals surface area contributed by atoms with Crippen molar-refractivity contribution in [2.24, 2.45) is 0 Å². The van der Waals surface area contributed by atoms with Crippen LogP contribution in [0.25, 0.3) is 0 Å². The summed E-state index contributed by atoms with van der Waals surface area (Å²) in [6.45, 7) is 0.107. The number of carboxylic acid groups (broad SMARTS) is 1. The molecular weight excluding hydrogens is 300 g/mol. The maximum atomic E-state index is 11.8. The zero-order valence-corrected chi connectivity index (χ0v) is 12.0. The Balaban J connectivity index is 2.57. The van der Waals surface area contributed by atoms with Crippen molar-refractivity contribution >= 4 is 21.7 Å². The molecule has 1 aromatic carbocycles. The second-order valence-corrected chi connectivity index (χ2v) is 6.20. The number of rotatable bonds is 9. The molecule has 8 nitrogen and oxygen atoms in total. The molecule has 0 unspecified atom stereocenters. The van der Waals surface area contributed by atoms with E-state index in [4.69, 9.17) is 5.11 Å². The molecule has 1 rings (SSSR count). The summed E-state index contributed by atoms with van der Waals surface area (Å²) in [5.41, 5.74) is -0.130. The van der Waals surface area contributed by atoms with Crippen LogP contribution < -0.4 is 4.72 Å². The summed E-state index contributed by atoms with van der Waals surface area (Å²) in [5, 5.41) is 19.3. The molecular formula is C12H16N2O6S. The number of hydrogen-bond acceptors (Lipinski definition) is 5. The van der Waals surface area contributed by atoms with Gasteiger partial charge in [-0.2, -0.15) is 0 Å². The molecule has 0 aliphatic rings. The number of nitro benzene ring substituents is 1. The largest absolute Gasteiger partial charge is 0.481 e. The van der Waals surface area contributed by atoms with Crippen molar-refractivity contribution in [1.82, 2.24) is 4.72 Å². The van der Waals surface area contributed by atoms with Crippen LogP contribution in [0.3, 0.4) is 0 Å². The number of aliphatic carboxylic acids is 1. The molecule has 0 bridgehead atoms. The van der Waals surface area contributed by atoms with Crippen LogP contribution in [-0.4, -0.2) is 31.0 Å². The van der Waals surface area contributed by atoms with Gasteiger partial charge in [-0.1, -0.05) is 18.2 Å². The van der Waals surface area contributed by atoms with E-state index in [2.05, 4.69) is 4.72 Å². The van der Waals surface area contributed by atoms with E-state index in [0.29, 0.717) is 12.8 Å². The SMILES string of the molecule is O=C(O)CCCCNS(=O)(=O)Cc1ccccc1[N+](=O)[O-]. The van der Waals surface area contributed by atoms with Gasteiger partial charge in [-0.25, -0.2) is 13.1 Å². The van der Waals surface area contributed by atoms with Crippen LogP contribution in [0.1, 0.15) is 24.8 Å². The molecule has 21 heavy (non-hydrogen) atoms. The van der Waals surface area contributed by atoms with Gasteiger partial charge in [-0.15, -0.1) is 0 Å². The number of nitrogens with zero attached hydrogens (tertiary/aromatic N) is 1. The number of sulfonamides is 1. The first-order valence-electron chi connectivity index (χ1n) is 6.23. The van der Waals surface area contributed by atoms with E-state index in [1.54, 1.807) is 0 Å². The summed E-state index contributed by atoms with van der Waals surface area (Å²) < 4.78 is 25.9. The quantitative estimate of drug-likeness (QED) is 0.401. The summed E-state index contributed by atoms with van der Waals surface area (Å²) in [6, 6.07) is 5.64. The van der Waals surface area contributed by atoms with Gasteiger partial charge in [-0.3, -0.25) is 14.9 Å². The second-order valence-electron chi connectivity index (χ2n) is 4.39. The Bertz CT molecular complexity index is 614. The number of benzene rings is 1. The molecule has 0 aliphatic carbocycles. The third kappa shape index (κ3) is 6.32. The zero-order valence-electron chi connectivity index (χ0n) is 11.2. The number of carbonyl (C=O) groups is 1. The van der Waals surface area contributed by atoms with Crippen molar-refractivity contribution in [3.8, 4) is 0 Å². The predicted molar refractivity (Wildman–Crippen MR) is 75.2 cm³/mol. The Morgan fingerprint density at radius 3 is 2.57 bits per heavy atom. The minimum Gasteiger partial charge on any atom is -0.481 e. The van der Waals surface area contributed by atoms with Gasteiger partial charge in [0.2, 0.25) is 10.0 Å². The lowest BCUT2D eigenvalue weighted by molar-refractivity contribution is -0.385. The Hall–Kier alpha value is -2.00. The van der Waals surface area contributed by atoms with E-state index in [1.165, 1.54) is 24.3 Å². The Kier molecular flexibility index (Phi) is 6.25. The van der Waals surface area contributed by atoms with Crippen LogP contribution in [0, 0.1) is 10.1 Å². The smallest absolute Gasteiger partial charge is 0.303 e. The van der Waals surface area contributed by atoms with Gasteiger partial charge >= 0.3 is 5.97 Å². The normalized spacial score (nSPS) is 11.2. The highest BCUT2D eigenvalue weighted by molar-refractivity contribution is 7.88. The first-order valence-corrected chi connectivity index (χ1v) is 7.88. The third-order valence-electron chi connectivity index (χ3n) is 2.67. The summed E-state index contributed by atoms with van der Waals surface area (Å²) in [4.78, 5) is 20.5. The Morgan fingerprint density at radius 1 is 1.29 bits per heavy atom. The molecule has 0 saturated carbocycles. The molecule has 0 saturated heterocycles. The lowest BCUT2D eigenvalue weighted by Crippen LogP contribution is -2.26. The molecule has 0 aromatic heterocycles. The molecule has 116 valence electrons. The number of nitrogens with one attached hydrogen (secondary N) is 1. The number of nitro groups is 1. The van der Waals surface area contributed by atoms with Crippen molar-refractivity contribution < 1.29 is 23.2 Å². The second kappa shape index (κ2) is 7.70. The summed E-state index contributed by atoms with van der Waals surface area (Å²) in [6.07, 6.45) is 0.734. The molecule has 0 aliphatic heterocycles. The van der Waals surface area contributed by atoms with Crippen LogP contribution in [0.2, 0.25) is 0 Å². The maximum Gasteiger partial charge on any atom is 0.303 e. The van der Waals surface area contributed by atoms with Crippen LogP contribution in [0.15, 0.2) is 24.3 Å². The number of para-hydroxylation sites is 1. The van der Waals surface area contributed by atoms with Gasteiger partial charge in [0.15, 0.2) is 0 Å². The molecule has 0 radical (unpaired) electrons. The molecule has 0 spiro atoms. The summed E-state index contributed by atoms with van der Waals surface area (Å²) in [7, 11) is -3.69. The molecule has 1 aromatic rings. The first kappa shape index (κ1) is 17.1. The zero-order chi connectivity index (χ0) is 15.9. The van der Waals surface area contributed by atoms with Crippen molar-refractivity contribution in [2.45, 2.75) is 25.0 Å². The molecule has 0 amide bonds. The van der Waals surface area contributed by atoms with Crippen LogP contribution in [0.4, 0.5) is 5.69 Å². The van der Waals surface area contributed by atoms with Crippen LogP contribution >= 0.6 is 0 Å². The van der Waals surface area contributed by atoms with Gasteiger partial charge in [0.1, 0.15) is 0 Å². The maximum absolute atomic E-state index is 11.8. The summed E-state index contributed by atoms with van der Waals surface area (Å²) >= 11 is 0. The van der Waals surface area contributed by atoms with Crippen molar-refractivity contribution in [2.75, 3.05) is 6.54 Å². The molecule has 0 fully saturated rings. The van der Waals surface area contributed by atoms with Gasteiger partial charge in [0, 0.05) is 24.6 Å². The van der Waals surface area contributed by atoms with Gasteiger partial charge in [-0.05, 0) is 12.8 Å². The van der Waals surface area contributed by atoms with E-state index >= 15 is 0 Å². The fourth-order valence-electron chi connectivity index (χ4n) is 1.70. The van der Waals surface area contributed by atoms with E-state index in [-0.39, 0.29) is 24.2 Å². The van der Waals surface area contributed by atoms with E-state index in [1.807, 2.05) is 0 Å². The number of carboxylic acids is 1. The highest BCUT2D eigenvalue weighted by Crippen LogP contribution is 2.19. The Morgan fingerprint density at radius 2 is 1.95 bits per heavy atom. The molecule has 0 heterocycles. The van der Waals surface area contributed by atoms with Crippen molar-refractivity contribution in [3.05, 3.63) is 39.9 Å². The molecule has 9 heteroatoms. The van der Waals surface area contributed by atoms with Gasteiger partial charge in [0.25, 0.3) is 5.69 Å². The highest BCUT2D eigenvalue weighted by Gasteiger charge is 2.19. The highest BCUT2D eigenvalue weighted by atomic mass is 32.2. The van der Waals surface area contributed by atoms with E-state index in [0.717, 1.165) is 0 Å².